The van der Waals surface area contributed by atoms with Crippen molar-refractivity contribution in [3.8, 4) is 5.75 Å². The molecule has 0 unspecified atom stereocenters. The quantitative estimate of drug-likeness (QED) is 0.682. The summed E-state index contributed by atoms with van der Waals surface area (Å²) in [7, 11) is 0. The summed E-state index contributed by atoms with van der Waals surface area (Å²) in [6.07, 6.45) is 4.80. The topological polar surface area (TPSA) is 70.1 Å². The van der Waals surface area contributed by atoms with Gasteiger partial charge in [0.1, 0.15) is 11.4 Å². The summed E-state index contributed by atoms with van der Waals surface area (Å²) in [4.78, 5) is 15.6. The zero-order chi connectivity index (χ0) is 16.1. The second-order valence-electron chi connectivity index (χ2n) is 5.38. The summed E-state index contributed by atoms with van der Waals surface area (Å²) in [5, 5.41) is 0.982. The zero-order valence-corrected chi connectivity index (χ0v) is 12.8. The van der Waals surface area contributed by atoms with Crippen molar-refractivity contribution in [3.05, 3.63) is 60.4 Å². The number of carbonyl (C=O) groups excluding carboxylic acids is 1. The lowest BCUT2D eigenvalue weighted by Crippen LogP contribution is -2.13. The number of rotatable bonds is 7. The first-order chi connectivity index (χ1) is 11.2. The van der Waals surface area contributed by atoms with E-state index in [-0.39, 0.29) is 12.3 Å². The third-order valence-corrected chi connectivity index (χ3v) is 3.64. The van der Waals surface area contributed by atoms with E-state index in [9.17, 15) is 4.79 Å². The Bertz CT molecular complexity index is 796. The van der Waals surface area contributed by atoms with E-state index in [4.69, 9.17) is 10.5 Å². The number of para-hydroxylation sites is 1. The van der Waals surface area contributed by atoms with Crippen LogP contribution >= 0.6 is 0 Å². The van der Waals surface area contributed by atoms with E-state index < -0.39 is 0 Å². The van der Waals surface area contributed by atoms with E-state index in [1.807, 2.05) is 48.7 Å². The molecule has 0 spiro atoms. The van der Waals surface area contributed by atoms with Gasteiger partial charge in [-0.05, 0) is 36.2 Å². The maximum absolute atomic E-state index is 11.2. The number of nitrogens with zero attached hydrogens (tertiary/aromatic N) is 2. The molecule has 23 heavy (non-hydrogen) atoms. The number of primary amides is 1. The molecule has 3 rings (SSSR count). The van der Waals surface area contributed by atoms with Crippen molar-refractivity contribution >= 4 is 16.9 Å². The Kier molecular flexibility index (Phi) is 4.57. The number of aromatic nitrogens is 2. The molecule has 0 aliphatic rings. The minimum atomic E-state index is -0.333. The molecule has 5 nitrogen and oxygen atoms in total. The van der Waals surface area contributed by atoms with E-state index in [1.54, 1.807) is 6.20 Å². The minimum absolute atomic E-state index is 0.232. The van der Waals surface area contributed by atoms with Gasteiger partial charge in [0.05, 0.1) is 13.0 Å². The van der Waals surface area contributed by atoms with Crippen LogP contribution in [-0.2, 0) is 17.8 Å². The predicted molar refractivity (Wildman–Crippen MR) is 89.2 cm³/mol. The number of hydrogen-bond donors (Lipinski definition) is 1. The number of benzene rings is 1. The van der Waals surface area contributed by atoms with Crippen molar-refractivity contribution in [1.82, 2.24) is 9.55 Å². The number of amides is 1. The van der Waals surface area contributed by atoms with Gasteiger partial charge in [-0.15, -0.1) is 0 Å². The fraction of sp³-hybridized carbons (Fsp3) is 0.222. The summed E-state index contributed by atoms with van der Waals surface area (Å²) >= 11 is 0. The molecule has 2 N–H and O–H groups in total. The van der Waals surface area contributed by atoms with Crippen LogP contribution < -0.4 is 10.5 Å². The molecule has 0 radical (unpaired) electrons. The summed E-state index contributed by atoms with van der Waals surface area (Å²) in [5.74, 6) is 0.540. The highest BCUT2D eigenvalue weighted by molar-refractivity contribution is 5.86. The van der Waals surface area contributed by atoms with Crippen molar-refractivity contribution in [1.29, 1.82) is 0 Å². The van der Waals surface area contributed by atoms with Crippen LogP contribution in [0.15, 0.2) is 54.9 Å². The number of aryl methyl sites for hydroxylation is 1. The van der Waals surface area contributed by atoms with Crippen LogP contribution in [0.3, 0.4) is 0 Å². The molecular weight excluding hydrogens is 290 g/mol. The fourth-order valence-corrected chi connectivity index (χ4v) is 2.64. The summed E-state index contributed by atoms with van der Waals surface area (Å²) in [6.45, 7) is 1.40. The Morgan fingerprint density at radius 1 is 1.17 bits per heavy atom. The normalized spacial score (nSPS) is 10.8. The SMILES string of the molecule is NC(=O)Cc1cn(CCCOc2ccccc2)c2ncccc12. The van der Waals surface area contributed by atoms with Crippen molar-refractivity contribution in [2.45, 2.75) is 19.4 Å². The van der Waals surface area contributed by atoms with Crippen LogP contribution in [0.5, 0.6) is 5.75 Å². The van der Waals surface area contributed by atoms with Crippen LogP contribution in [-0.4, -0.2) is 22.1 Å². The molecule has 0 bridgehead atoms. The van der Waals surface area contributed by atoms with Gasteiger partial charge in [-0.1, -0.05) is 18.2 Å². The number of carbonyl (C=O) groups is 1. The molecule has 2 heterocycles. The minimum Gasteiger partial charge on any atom is -0.494 e. The number of nitrogens with two attached hydrogens (primary N) is 1. The summed E-state index contributed by atoms with van der Waals surface area (Å²) in [6, 6.07) is 13.6. The average molecular weight is 309 g/mol. The first-order valence-electron chi connectivity index (χ1n) is 7.63. The van der Waals surface area contributed by atoms with E-state index in [0.29, 0.717) is 6.61 Å². The second-order valence-corrected chi connectivity index (χ2v) is 5.38. The average Bonchev–Trinajstić information content (AvgIpc) is 2.90. The highest BCUT2D eigenvalue weighted by Crippen LogP contribution is 2.20. The predicted octanol–water partition coefficient (Wildman–Crippen LogP) is 2.53. The third kappa shape index (κ3) is 3.69. The smallest absolute Gasteiger partial charge is 0.221 e. The van der Waals surface area contributed by atoms with Gasteiger partial charge < -0.3 is 15.0 Å². The lowest BCUT2D eigenvalue weighted by Gasteiger charge is -2.07. The van der Waals surface area contributed by atoms with E-state index in [0.717, 1.165) is 35.3 Å². The lowest BCUT2D eigenvalue weighted by atomic mass is 10.1. The van der Waals surface area contributed by atoms with Crippen molar-refractivity contribution in [3.63, 3.8) is 0 Å². The molecule has 3 aromatic rings. The van der Waals surface area contributed by atoms with Crippen LogP contribution in [0.25, 0.3) is 11.0 Å². The number of ether oxygens (including phenoxy) is 1. The molecule has 0 aliphatic heterocycles. The van der Waals surface area contributed by atoms with E-state index in [1.165, 1.54) is 0 Å². The van der Waals surface area contributed by atoms with Crippen molar-refractivity contribution in [2.75, 3.05) is 6.61 Å². The van der Waals surface area contributed by atoms with Crippen molar-refractivity contribution < 1.29 is 9.53 Å². The maximum Gasteiger partial charge on any atom is 0.221 e. The van der Waals surface area contributed by atoms with E-state index in [2.05, 4.69) is 9.55 Å². The zero-order valence-electron chi connectivity index (χ0n) is 12.8. The maximum atomic E-state index is 11.2. The molecule has 0 aliphatic carbocycles. The molecule has 0 fully saturated rings. The third-order valence-electron chi connectivity index (χ3n) is 3.64. The van der Waals surface area contributed by atoms with Gasteiger partial charge in [-0.3, -0.25) is 4.79 Å². The number of fused-ring (bicyclic) bond motifs is 1. The van der Waals surface area contributed by atoms with Crippen LogP contribution in [0, 0.1) is 0 Å². The summed E-state index contributed by atoms with van der Waals surface area (Å²) < 4.78 is 7.76. The summed E-state index contributed by atoms with van der Waals surface area (Å²) in [5.41, 5.74) is 7.12. The first-order valence-corrected chi connectivity index (χ1v) is 7.63. The second kappa shape index (κ2) is 6.96. The highest BCUT2D eigenvalue weighted by atomic mass is 16.5. The highest BCUT2D eigenvalue weighted by Gasteiger charge is 2.11. The molecule has 1 aromatic carbocycles. The van der Waals surface area contributed by atoms with Crippen LogP contribution in [0.4, 0.5) is 0 Å². The lowest BCUT2D eigenvalue weighted by molar-refractivity contribution is -0.117. The molecular formula is C18H19N3O2. The van der Waals surface area contributed by atoms with Gasteiger partial charge in [0.25, 0.3) is 0 Å². The van der Waals surface area contributed by atoms with Gasteiger partial charge in [-0.25, -0.2) is 4.98 Å². The van der Waals surface area contributed by atoms with Gasteiger partial charge >= 0.3 is 0 Å². The van der Waals surface area contributed by atoms with Gasteiger partial charge in [0.2, 0.25) is 5.91 Å². The monoisotopic (exact) mass is 309 g/mol. The standard InChI is InChI=1S/C18H19N3O2/c19-17(22)12-14-13-21(18-16(14)8-4-9-20-18)10-5-11-23-15-6-2-1-3-7-15/h1-4,6-9,13H,5,10-12H2,(H2,19,22). The molecule has 118 valence electrons. The number of hydrogen-bond acceptors (Lipinski definition) is 3. The van der Waals surface area contributed by atoms with Crippen LogP contribution in [0.1, 0.15) is 12.0 Å². The van der Waals surface area contributed by atoms with Gasteiger partial charge in [-0.2, -0.15) is 0 Å². The first kappa shape index (κ1) is 15.1. The van der Waals surface area contributed by atoms with E-state index >= 15 is 0 Å². The Morgan fingerprint density at radius 3 is 2.78 bits per heavy atom. The number of pyridine rings is 1. The largest absolute Gasteiger partial charge is 0.494 e. The molecule has 1 amide bonds. The molecule has 5 heteroatoms. The fourth-order valence-electron chi connectivity index (χ4n) is 2.64. The Morgan fingerprint density at radius 2 is 2.00 bits per heavy atom. The Hall–Kier alpha value is -2.82. The van der Waals surface area contributed by atoms with Gasteiger partial charge in [0, 0.05) is 24.3 Å². The molecule has 0 atom stereocenters. The van der Waals surface area contributed by atoms with Gasteiger partial charge in [0.15, 0.2) is 0 Å². The Labute approximate surface area is 134 Å². The Balaban J connectivity index is 1.66. The van der Waals surface area contributed by atoms with Crippen LogP contribution in [0.2, 0.25) is 0 Å². The molecule has 0 saturated carbocycles. The molecule has 2 aromatic heterocycles. The van der Waals surface area contributed by atoms with Crippen molar-refractivity contribution in [2.24, 2.45) is 5.73 Å². The molecule has 0 saturated heterocycles.